The van der Waals surface area contributed by atoms with E-state index in [0.29, 0.717) is 0 Å². The van der Waals surface area contributed by atoms with Crippen LogP contribution in [0.15, 0.2) is 6.07 Å². The molecule has 1 aliphatic rings. The van der Waals surface area contributed by atoms with E-state index in [1.54, 1.807) is 0 Å². The SMILES string of the molecule is Cc1cc(NCC2CNCCO2)nc(C)n1. The second-order valence-electron chi connectivity index (χ2n) is 4.02. The molecule has 1 saturated heterocycles. The van der Waals surface area contributed by atoms with Crippen molar-refractivity contribution in [1.82, 2.24) is 15.3 Å². The molecule has 0 radical (unpaired) electrons. The molecule has 2 N–H and O–H groups in total. The number of aromatic nitrogens is 2. The Balaban J connectivity index is 1.88. The Labute approximate surface area is 95.6 Å². The van der Waals surface area contributed by atoms with E-state index in [2.05, 4.69) is 20.6 Å². The number of ether oxygens (including phenoxy) is 1. The van der Waals surface area contributed by atoms with Crippen LogP contribution in [0.3, 0.4) is 0 Å². The quantitative estimate of drug-likeness (QED) is 0.779. The summed E-state index contributed by atoms with van der Waals surface area (Å²) in [5, 5.41) is 6.58. The lowest BCUT2D eigenvalue weighted by atomic mass is 10.3. The lowest BCUT2D eigenvalue weighted by Gasteiger charge is -2.24. The van der Waals surface area contributed by atoms with Gasteiger partial charge in [-0.1, -0.05) is 0 Å². The number of aryl methyl sites for hydroxylation is 2. The number of morpholine rings is 1. The Morgan fingerprint density at radius 3 is 3.06 bits per heavy atom. The van der Waals surface area contributed by atoms with E-state index < -0.39 is 0 Å². The molecule has 1 aromatic rings. The highest BCUT2D eigenvalue weighted by Crippen LogP contribution is 2.06. The molecule has 1 atom stereocenters. The first-order chi connectivity index (χ1) is 7.74. The van der Waals surface area contributed by atoms with Crippen molar-refractivity contribution in [2.24, 2.45) is 0 Å². The molecule has 16 heavy (non-hydrogen) atoms. The molecule has 5 heteroatoms. The van der Waals surface area contributed by atoms with Gasteiger partial charge in [0.1, 0.15) is 11.6 Å². The van der Waals surface area contributed by atoms with Crippen molar-refractivity contribution in [2.75, 3.05) is 31.6 Å². The van der Waals surface area contributed by atoms with Gasteiger partial charge in [0.25, 0.3) is 0 Å². The second-order valence-corrected chi connectivity index (χ2v) is 4.02. The Morgan fingerprint density at radius 2 is 2.38 bits per heavy atom. The predicted octanol–water partition coefficient (Wildman–Crippen LogP) is 0.494. The van der Waals surface area contributed by atoms with Crippen molar-refractivity contribution in [2.45, 2.75) is 20.0 Å². The van der Waals surface area contributed by atoms with E-state index >= 15 is 0 Å². The van der Waals surface area contributed by atoms with E-state index in [4.69, 9.17) is 4.74 Å². The minimum absolute atomic E-state index is 0.226. The van der Waals surface area contributed by atoms with Crippen molar-refractivity contribution in [3.63, 3.8) is 0 Å². The van der Waals surface area contributed by atoms with Crippen LogP contribution in [0.1, 0.15) is 11.5 Å². The summed E-state index contributed by atoms with van der Waals surface area (Å²) in [4.78, 5) is 8.55. The highest BCUT2D eigenvalue weighted by molar-refractivity contribution is 5.35. The van der Waals surface area contributed by atoms with Crippen LogP contribution in [0.25, 0.3) is 0 Å². The zero-order chi connectivity index (χ0) is 11.4. The molecular formula is C11H18N4O. The highest BCUT2D eigenvalue weighted by atomic mass is 16.5. The molecule has 2 rings (SSSR count). The average molecular weight is 222 g/mol. The molecule has 1 aromatic heterocycles. The van der Waals surface area contributed by atoms with Gasteiger partial charge in [0.15, 0.2) is 0 Å². The van der Waals surface area contributed by atoms with Gasteiger partial charge in [-0.2, -0.15) is 0 Å². The minimum Gasteiger partial charge on any atom is -0.374 e. The summed E-state index contributed by atoms with van der Waals surface area (Å²) in [5.41, 5.74) is 0.984. The number of rotatable bonds is 3. The summed E-state index contributed by atoms with van der Waals surface area (Å²) in [6.07, 6.45) is 0.226. The molecular weight excluding hydrogens is 204 g/mol. The van der Waals surface area contributed by atoms with Gasteiger partial charge in [-0.05, 0) is 13.8 Å². The Morgan fingerprint density at radius 1 is 1.50 bits per heavy atom. The summed E-state index contributed by atoms with van der Waals surface area (Å²) in [6.45, 7) is 7.28. The molecule has 0 aliphatic carbocycles. The van der Waals surface area contributed by atoms with Crippen molar-refractivity contribution in [1.29, 1.82) is 0 Å². The fraction of sp³-hybridized carbons (Fsp3) is 0.636. The fourth-order valence-electron chi connectivity index (χ4n) is 1.78. The third-order valence-corrected chi connectivity index (χ3v) is 2.48. The minimum atomic E-state index is 0.226. The van der Waals surface area contributed by atoms with Gasteiger partial charge < -0.3 is 15.4 Å². The first kappa shape index (κ1) is 11.3. The third kappa shape index (κ3) is 3.15. The molecule has 0 bridgehead atoms. The summed E-state index contributed by atoms with van der Waals surface area (Å²) in [7, 11) is 0. The zero-order valence-electron chi connectivity index (χ0n) is 9.79. The highest BCUT2D eigenvalue weighted by Gasteiger charge is 2.12. The van der Waals surface area contributed by atoms with Crippen LogP contribution < -0.4 is 10.6 Å². The maximum atomic E-state index is 5.59. The maximum absolute atomic E-state index is 5.59. The Kier molecular flexibility index (Phi) is 3.69. The molecule has 1 fully saturated rings. The van der Waals surface area contributed by atoms with Crippen LogP contribution in [-0.4, -0.2) is 42.3 Å². The monoisotopic (exact) mass is 222 g/mol. The molecule has 0 amide bonds. The molecule has 1 unspecified atom stereocenters. The van der Waals surface area contributed by atoms with Crippen LogP contribution in [0, 0.1) is 13.8 Å². The van der Waals surface area contributed by atoms with Gasteiger partial charge in [-0.15, -0.1) is 0 Å². The Bertz CT molecular complexity index is 330. The largest absolute Gasteiger partial charge is 0.374 e. The van der Waals surface area contributed by atoms with Crippen molar-refractivity contribution in [3.05, 3.63) is 17.6 Å². The van der Waals surface area contributed by atoms with Gasteiger partial charge in [-0.3, -0.25) is 0 Å². The molecule has 1 aliphatic heterocycles. The second kappa shape index (κ2) is 5.23. The molecule has 0 spiro atoms. The van der Waals surface area contributed by atoms with E-state index in [-0.39, 0.29) is 6.10 Å². The number of hydrogen-bond acceptors (Lipinski definition) is 5. The zero-order valence-corrected chi connectivity index (χ0v) is 9.79. The molecule has 0 aromatic carbocycles. The van der Waals surface area contributed by atoms with Gasteiger partial charge >= 0.3 is 0 Å². The molecule has 88 valence electrons. The van der Waals surface area contributed by atoms with Gasteiger partial charge in [-0.25, -0.2) is 9.97 Å². The standard InChI is InChI=1S/C11H18N4O/c1-8-5-11(15-9(2)14-8)13-7-10-6-12-3-4-16-10/h5,10,12H,3-4,6-7H2,1-2H3,(H,13,14,15). The van der Waals surface area contributed by atoms with Crippen molar-refractivity contribution < 1.29 is 4.74 Å². The lowest BCUT2D eigenvalue weighted by Crippen LogP contribution is -2.42. The van der Waals surface area contributed by atoms with Crippen molar-refractivity contribution in [3.8, 4) is 0 Å². The van der Waals surface area contributed by atoms with E-state index in [0.717, 1.165) is 43.6 Å². The van der Waals surface area contributed by atoms with Crippen LogP contribution in [-0.2, 0) is 4.74 Å². The van der Waals surface area contributed by atoms with Crippen LogP contribution in [0.5, 0.6) is 0 Å². The Hall–Kier alpha value is -1.20. The maximum Gasteiger partial charge on any atom is 0.130 e. The van der Waals surface area contributed by atoms with E-state index in [1.807, 2.05) is 19.9 Å². The number of hydrogen-bond donors (Lipinski definition) is 2. The molecule has 5 nitrogen and oxygen atoms in total. The van der Waals surface area contributed by atoms with Gasteiger partial charge in [0.05, 0.1) is 12.7 Å². The van der Waals surface area contributed by atoms with Crippen LogP contribution >= 0.6 is 0 Å². The van der Waals surface area contributed by atoms with E-state index in [9.17, 15) is 0 Å². The average Bonchev–Trinajstić information content (AvgIpc) is 2.27. The predicted molar refractivity (Wildman–Crippen MR) is 62.6 cm³/mol. The summed E-state index contributed by atoms with van der Waals surface area (Å²) in [6, 6.07) is 1.95. The fourth-order valence-corrected chi connectivity index (χ4v) is 1.78. The lowest BCUT2D eigenvalue weighted by molar-refractivity contribution is 0.0372. The first-order valence-electron chi connectivity index (χ1n) is 5.62. The molecule has 2 heterocycles. The first-order valence-corrected chi connectivity index (χ1v) is 5.62. The number of nitrogens with zero attached hydrogens (tertiary/aromatic N) is 2. The smallest absolute Gasteiger partial charge is 0.130 e. The summed E-state index contributed by atoms with van der Waals surface area (Å²) >= 11 is 0. The molecule has 0 saturated carbocycles. The van der Waals surface area contributed by atoms with E-state index in [1.165, 1.54) is 0 Å². The van der Waals surface area contributed by atoms with Crippen LogP contribution in [0.4, 0.5) is 5.82 Å². The van der Waals surface area contributed by atoms with Crippen LogP contribution in [0.2, 0.25) is 0 Å². The van der Waals surface area contributed by atoms with Crippen molar-refractivity contribution >= 4 is 5.82 Å². The third-order valence-electron chi connectivity index (χ3n) is 2.48. The topological polar surface area (TPSA) is 59.1 Å². The van der Waals surface area contributed by atoms with Gasteiger partial charge in [0.2, 0.25) is 0 Å². The number of nitrogens with one attached hydrogen (secondary N) is 2. The summed E-state index contributed by atoms with van der Waals surface area (Å²) in [5.74, 6) is 1.67. The summed E-state index contributed by atoms with van der Waals surface area (Å²) < 4.78 is 5.59. The van der Waals surface area contributed by atoms with Gasteiger partial charge in [0, 0.05) is 31.4 Å². The normalized spacial score (nSPS) is 20.8. The number of anilines is 1.